The molecular weight excluding hydrogens is 229 g/mol. The molecule has 1 aromatic heterocycles. The third kappa shape index (κ3) is 3.26. The van der Waals surface area contributed by atoms with Crippen molar-refractivity contribution in [2.24, 2.45) is 0 Å². The van der Waals surface area contributed by atoms with Gasteiger partial charge in [-0.2, -0.15) is 0 Å². The van der Waals surface area contributed by atoms with Gasteiger partial charge in [0.25, 0.3) is 0 Å². The fourth-order valence-corrected chi connectivity index (χ4v) is 1.73. The van der Waals surface area contributed by atoms with Crippen LogP contribution in [0.25, 0.3) is 0 Å². The molecule has 0 atom stereocenters. The number of anilines is 1. The molecule has 0 fully saturated rings. The highest BCUT2D eigenvalue weighted by atomic mass is 19.1. The third-order valence-electron chi connectivity index (χ3n) is 2.74. The lowest BCUT2D eigenvalue weighted by molar-refractivity contribution is 0.604. The van der Waals surface area contributed by atoms with Crippen molar-refractivity contribution in [1.29, 1.82) is 0 Å². The third-order valence-corrected chi connectivity index (χ3v) is 2.74. The molecule has 1 aromatic carbocycles. The first kappa shape index (κ1) is 12.5. The van der Waals surface area contributed by atoms with Crippen molar-refractivity contribution < 1.29 is 4.39 Å². The summed E-state index contributed by atoms with van der Waals surface area (Å²) < 4.78 is 13.6. The molecule has 0 amide bonds. The number of aromatic nitrogens is 2. The molecule has 0 aliphatic rings. The second-order valence-corrected chi connectivity index (χ2v) is 4.14. The van der Waals surface area contributed by atoms with Gasteiger partial charge in [0, 0.05) is 6.54 Å². The van der Waals surface area contributed by atoms with Crippen LogP contribution in [0.15, 0.2) is 36.7 Å². The van der Waals surface area contributed by atoms with Crippen LogP contribution in [0.1, 0.15) is 17.7 Å². The fraction of sp³-hybridized carbons (Fsp3) is 0.286. The predicted octanol–water partition coefficient (Wildman–Crippen LogP) is 2.97. The monoisotopic (exact) mass is 245 g/mol. The Morgan fingerprint density at radius 1 is 1.17 bits per heavy atom. The van der Waals surface area contributed by atoms with Crippen molar-refractivity contribution in [3.05, 3.63) is 53.7 Å². The summed E-state index contributed by atoms with van der Waals surface area (Å²) in [5.41, 5.74) is 1.66. The highest BCUT2D eigenvalue weighted by Crippen LogP contribution is 2.11. The van der Waals surface area contributed by atoms with Gasteiger partial charge in [-0.25, -0.2) is 14.4 Å². The number of rotatable bonds is 5. The van der Waals surface area contributed by atoms with E-state index in [9.17, 15) is 4.39 Å². The van der Waals surface area contributed by atoms with Gasteiger partial charge in [0.05, 0.1) is 5.69 Å². The van der Waals surface area contributed by atoms with Crippen molar-refractivity contribution in [1.82, 2.24) is 9.97 Å². The second-order valence-electron chi connectivity index (χ2n) is 4.14. The van der Waals surface area contributed by atoms with Gasteiger partial charge in [0.1, 0.15) is 6.33 Å². The minimum absolute atomic E-state index is 0.288. The van der Waals surface area contributed by atoms with Crippen LogP contribution in [-0.2, 0) is 6.42 Å². The lowest BCUT2D eigenvalue weighted by Crippen LogP contribution is -2.08. The zero-order valence-electron chi connectivity index (χ0n) is 10.4. The lowest BCUT2D eigenvalue weighted by atomic mass is 10.1. The molecule has 3 nitrogen and oxygen atoms in total. The summed E-state index contributed by atoms with van der Waals surface area (Å²) in [4.78, 5) is 7.68. The zero-order valence-corrected chi connectivity index (χ0v) is 10.4. The summed E-state index contributed by atoms with van der Waals surface area (Å²) in [6.07, 6.45) is 3.28. The molecule has 0 aliphatic heterocycles. The fourth-order valence-electron chi connectivity index (χ4n) is 1.73. The number of aryl methyl sites for hydroxylation is 2. The number of nitrogens with zero attached hydrogens (tertiary/aromatic N) is 2. The van der Waals surface area contributed by atoms with E-state index in [-0.39, 0.29) is 11.6 Å². The standard InChI is InChI=1S/C14H16FN3/c1-11-13(15)14(18-10-17-11)16-9-5-8-12-6-3-2-4-7-12/h2-4,6-7,10H,5,8-9H2,1H3,(H,16,17,18). The molecule has 0 bridgehead atoms. The van der Waals surface area contributed by atoms with Gasteiger partial charge in [0.2, 0.25) is 0 Å². The van der Waals surface area contributed by atoms with E-state index >= 15 is 0 Å². The second kappa shape index (κ2) is 6.10. The summed E-state index contributed by atoms with van der Waals surface area (Å²) in [5.74, 6) is -0.0761. The van der Waals surface area contributed by atoms with Gasteiger partial charge in [-0.3, -0.25) is 0 Å². The van der Waals surface area contributed by atoms with Gasteiger partial charge in [-0.15, -0.1) is 0 Å². The quantitative estimate of drug-likeness (QED) is 0.823. The highest BCUT2D eigenvalue weighted by molar-refractivity contribution is 5.36. The summed E-state index contributed by atoms with van der Waals surface area (Å²) >= 11 is 0. The van der Waals surface area contributed by atoms with Crippen LogP contribution < -0.4 is 5.32 Å². The lowest BCUT2D eigenvalue weighted by Gasteiger charge is -2.07. The van der Waals surface area contributed by atoms with Crippen LogP contribution in [0.3, 0.4) is 0 Å². The maximum atomic E-state index is 13.6. The smallest absolute Gasteiger partial charge is 0.186 e. The molecule has 0 spiro atoms. The minimum atomic E-state index is -0.364. The average molecular weight is 245 g/mol. The van der Waals surface area contributed by atoms with E-state index in [1.165, 1.54) is 11.9 Å². The molecular formula is C14H16FN3. The number of hydrogen-bond acceptors (Lipinski definition) is 3. The normalized spacial score (nSPS) is 10.3. The van der Waals surface area contributed by atoms with Crippen molar-refractivity contribution in [2.45, 2.75) is 19.8 Å². The van der Waals surface area contributed by atoms with Gasteiger partial charge < -0.3 is 5.32 Å². The van der Waals surface area contributed by atoms with E-state index in [0.29, 0.717) is 12.2 Å². The van der Waals surface area contributed by atoms with Crippen molar-refractivity contribution >= 4 is 5.82 Å². The van der Waals surface area contributed by atoms with Crippen molar-refractivity contribution in [3.8, 4) is 0 Å². The minimum Gasteiger partial charge on any atom is -0.368 e. The molecule has 4 heteroatoms. The SMILES string of the molecule is Cc1ncnc(NCCCc2ccccc2)c1F. The van der Waals surface area contributed by atoms with Gasteiger partial charge in [0.15, 0.2) is 11.6 Å². The number of hydrogen-bond donors (Lipinski definition) is 1. The van der Waals surface area contributed by atoms with Crippen LogP contribution in [-0.4, -0.2) is 16.5 Å². The largest absolute Gasteiger partial charge is 0.368 e. The Morgan fingerprint density at radius 2 is 1.94 bits per heavy atom. The number of nitrogens with one attached hydrogen (secondary N) is 1. The molecule has 2 rings (SSSR count). The summed E-state index contributed by atoms with van der Waals surface area (Å²) in [6.45, 7) is 2.33. The Hall–Kier alpha value is -1.97. The van der Waals surface area contributed by atoms with E-state index < -0.39 is 0 Å². The van der Waals surface area contributed by atoms with E-state index in [1.807, 2.05) is 18.2 Å². The number of halogens is 1. The maximum absolute atomic E-state index is 13.6. The molecule has 2 aromatic rings. The van der Waals surface area contributed by atoms with Crippen LogP contribution in [0, 0.1) is 12.7 Å². The number of benzene rings is 1. The van der Waals surface area contributed by atoms with Crippen molar-refractivity contribution in [3.63, 3.8) is 0 Å². The molecule has 0 saturated carbocycles. The average Bonchev–Trinajstić information content (AvgIpc) is 2.40. The van der Waals surface area contributed by atoms with Crippen LogP contribution >= 0.6 is 0 Å². The van der Waals surface area contributed by atoms with Gasteiger partial charge >= 0.3 is 0 Å². The summed E-state index contributed by atoms with van der Waals surface area (Å²) in [5, 5.41) is 3.00. The Balaban J connectivity index is 1.81. The molecule has 0 radical (unpaired) electrons. The first-order valence-corrected chi connectivity index (χ1v) is 6.02. The molecule has 0 unspecified atom stereocenters. The Kier molecular flexibility index (Phi) is 4.23. The molecule has 1 N–H and O–H groups in total. The van der Waals surface area contributed by atoms with Crippen LogP contribution in [0.4, 0.5) is 10.2 Å². The van der Waals surface area contributed by atoms with E-state index in [1.54, 1.807) is 6.92 Å². The summed E-state index contributed by atoms with van der Waals surface area (Å²) in [7, 11) is 0. The Bertz CT molecular complexity index is 500. The molecule has 0 saturated heterocycles. The van der Waals surface area contributed by atoms with Crippen LogP contribution in [0.2, 0.25) is 0 Å². The summed E-state index contributed by atoms with van der Waals surface area (Å²) in [6, 6.07) is 10.2. The van der Waals surface area contributed by atoms with Crippen LogP contribution in [0.5, 0.6) is 0 Å². The first-order chi connectivity index (χ1) is 8.77. The maximum Gasteiger partial charge on any atom is 0.186 e. The van der Waals surface area contributed by atoms with Gasteiger partial charge in [-0.1, -0.05) is 30.3 Å². The highest BCUT2D eigenvalue weighted by Gasteiger charge is 2.06. The Morgan fingerprint density at radius 3 is 2.72 bits per heavy atom. The molecule has 0 aliphatic carbocycles. The first-order valence-electron chi connectivity index (χ1n) is 6.02. The molecule has 18 heavy (non-hydrogen) atoms. The van der Waals surface area contributed by atoms with E-state index in [4.69, 9.17) is 0 Å². The van der Waals surface area contributed by atoms with Gasteiger partial charge in [-0.05, 0) is 25.3 Å². The van der Waals surface area contributed by atoms with E-state index in [0.717, 1.165) is 12.8 Å². The van der Waals surface area contributed by atoms with Crippen molar-refractivity contribution in [2.75, 3.05) is 11.9 Å². The topological polar surface area (TPSA) is 37.8 Å². The Labute approximate surface area is 106 Å². The molecule has 94 valence electrons. The molecule has 1 heterocycles. The van der Waals surface area contributed by atoms with E-state index in [2.05, 4.69) is 27.4 Å². The predicted molar refractivity (Wildman–Crippen MR) is 70.0 cm³/mol. The zero-order chi connectivity index (χ0) is 12.8.